The Morgan fingerprint density at radius 1 is 1.17 bits per heavy atom. The summed E-state index contributed by atoms with van der Waals surface area (Å²) in [6.07, 6.45) is 1.67. The highest BCUT2D eigenvalue weighted by molar-refractivity contribution is 7.99. The van der Waals surface area contributed by atoms with Gasteiger partial charge >= 0.3 is 6.01 Å². The number of hydrogen-bond donors (Lipinski definition) is 0. The summed E-state index contributed by atoms with van der Waals surface area (Å²) in [5, 5.41) is 0.617. The van der Waals surface area contributed by atoms with E-state index in [1.165, 1.54) is 11.8 Å². The van der Waals surface area contributed by atoms with Gasteiger partial charge in [0.1, 0.15) is 6.61 Å². The van der Waals surface area contributed by atoms with Gasteiger partial charge in [-0.1, -0.05) is 30.9 Å². The summed E-state index contributed by atoms with van der Waals surface area (Å²) < 4.78 is 10.9. The molecular weight excluding hydrogens is 312 g/mol. The van der Waals surface area contributed by atoms with Crippen LogP contribution in [0.5, 0.6) is 6.01 Å². The predicted molar refractivity (Wildman–Crippen MR) is 89.1 cm³/mol. The van der Waals surface area contributed by atoms with Crippen molar-refractivity contribution in [2.75, 3.05) is 37.8 Å². The van der Waals surface area contributed by atoms with Gasteiger partial charge in [0.25, 0.3) is 0 Å². The highest BCUT2D eigenvalue weighted by atomic mass is 32.2. The van der Waals surface area contributed by atoms with Gasteiger partial charge in [-0.05, 0) is 23.9 Å². The minimum atomic E-state index is 0.319. The molecular formula is C16H18N4O2S. The maximum atomic E-state index is 5.51. The molecule has 1 aliphatic rings. The number of anilines is 1. The van der Waals surface area contributed by atoms with Gasteiger partial charge in [0.2, 0.25) is 11.1 Å². The zero-order valence-electron chi connectivity index (χ0n) is 12.7. The zero-order chi connectivity index (χ0) is 15.9. The molecule has 0 bridgehead atoms. The van der Waals surface area contributed by atoms with Crippen LogP contribution in [0.25, 0.3) is 0 Å². The van der Waals surface area contributed by atoms with Crippen molar-refractivity contribution in [2.45, 2.75) is 10.1 Å². The Morgan fingerprint density at radius 3 is 2.70 bits per heavy atom. The fourth-order valence-electron chi connectivity index (χ4n) is 2.07. The van der Waals surface area contributed by atoms with Gasteiger partial charge in [0.15, 0.2) is 0 Å². The normalized spacial score (nSPS) is 14.5. The van der Waals surface area contributed by atoms with Gasteiger partial charge in [0.05, 0.1) is 13.2 Å². The lowest BCUT2D eigenvalue weighted by atomic mass is 10.4. The van der Waals surface area contributed by atoms with Gasteiger partial charge in [0, 0.05) is 18.0 Å². The number of morpholine rings is 1. The second-order valence-electron chi connectivity index (χ2n) is 4.81. The lowest BCUT2D eigenvalue weighted by Gasteiger charge is -2.26. The molecule has 1 aromatic heterocycles. The Hall–Kier alpha value is -2.12. The zero-order valence-corrected chi connectivity index (χ0v) is 13.5. The summed E-state index contributed by atoms with van der Waals surface area (Å²) in [6.45, 7) is 6.89. The van der Waals surface area contributed by atoms with Crippen LogP contribution < -0.4 is 9.64 Å². The van der Waals surface area contributed by atoms with Gasteiger partial charge in [-0.25, -0.2) is 0 Å². The monoisotopic (exact) mass is 330 g/mol. The van der Waals surface area contributed by atoms with Crippen LogP contribution in [0, 0.1) is 0 Å². The highest BCUT2D eigenvalue weighted by Crippen LogP contribution is 2.27. The quantitative estimate of drug-likeness (QED) is 0.754. The number of aromatic nitrogens is 3. The van der Waals surface area contributed by atoms with E-state index in [9.17, 15) is 0 Å². The third kappa shape index (κ3) is 4.43. The Morgan fingerprint density at radius 2 is 1.96 bits per heavy atom. The van der Waals surface area contributed by atoms with E-state index in [2.05, 4.69) is 26.4 Å². The second kappa shape index (κ2) is 7.94. The van der Waals surface area contributed by atoms with Crippen LogP contribution in [-0.4, -0.2) is 47.9 Å². The van der Waals surface area contributed by atoms with E-state index in [-0.39, 0.29) is 0 Å². The van der Waals surface area contributed by atoms with Gasteiger partial charge in [-0.15, -0.1) is 0 Å². The average Bonchev–Trinajstić information content (AvgIpc) is 2.61. The van der Waals surface area contributed by atoms with Gasteiger partial charge in [-0.3, -0.25) is 0 Å². The van der Waals surface area contributed by atoms with Crippen molar-refractivity contribution < 1.29 is 9.47 Å². The van der Waals surface area contributed by atoms with Crippen LogP contribution in [-0.2, 0) is 4.74 Å². The molecule has 0 spiro atoms. The maximum Gasteiger partial charge on any atom is 0.322 e. The van der Waals surface area contributed by atoms with Gasteiger partial charge in [-0.2, -0.15) is 15.0 Å². The molecule has 0 unspecified atom stereocenters. The fourth-order valence-corrected chi connectivity index (χ4v) is 2.83. The molecule has 2 heterocycles. The molecule has 1 fully saturated rings. The standard InChI is InChI=1S/C16H18N4O2S/c1-2-10-22-15-17-14(20-8-11-21-12-9-20)18-16(19-15)23-13-6-4-3-5-7-13/h2-7H,1,8-12H2. The van der Waals surface area contributed by atoms with Crippen LogP contribution in [0.4, 0.5) is 5.95 Å². The summed E-state index contributed by atoms with van der Waals surface area (Å²) in [4.78, 5) is 16.5. The van der Waals surface area contributed by atoms with Crippen molar-refractivity contribution >= 4 is 17.7 Å². The first-order valence-corrected chi connectivity index (χ1v) is 8.22. The summed E-state index contributed by atoms with van der Waals surface area (Å²) in [5.74, 6) is 0.626. The maximum absolute atomic E-state index is 5.51. The molecule has 0 aliphatic carbocycles. The number of rotatable bonds is 6. The Bertz CT molecular complexity index is 648. The van der Waals surface area contributed by atoms with E-state index >= 15 is 0 Å². The first kappa shape index (κ1) is 15.8. The molecule has 7 heteroatoms. The molecule has 6 nitrogen and oxygen atoms in total. The van der Waals surface area contributed by atoms with Crippen LogP contribution in [0.15, 0.2) is 53.0 Å². The smallest absolute Gasteiger partial charge is 0.322 e. The van der Waals surface area contributed by atoms with Gasteiger partial charge < -0.3 is 14.4 Å². The van der Waals surface area contributed by atoms with Crippen LogP contribution in [0.2, 0.25) is 0 Å². The molecule has 120 valence electrons. The summed E-state index contributed by atoms with van der Waals surface area (Å²) in [6, 6.07) is 10.3. The Balaban J connectivity index is 1.85. The molecule has 23 heavy (non-hydrogen) atoms. The first-order chi connectivity index (χ1) is 11.3. The van der Waals surface area contributed by atoms with E-state index in [1.807, 2.05) is 30.3 Å². The minimum Gasteiger partial charge on any atom is -0.459 e. The first-order valence-electron chi connectivity index (χ1n) is 7.40. The molecule has 0 saturated carbocycles. The summed E-state index contributed by atoms with van der Waals surface area (Å²) >= 11 is 1.49. The lowest BCUT2D eigenvalue weighted by Crippen LogP contribution is -2.37. The predicted octanol–water partition coefficient (Wildman–Crippen LogP) is 2.42. The molecule has 0 radical (unpaired) electrons. The number of benzene rings is 1. The SMILES string of the molecule is C=CCOc1nc(Sc2ccccc2)nc(N2CCOCC2)n1. The van der Waals surface area contributed by atoms with Crippen LogP contribution >= 0.6 is 11.8 Å². The Labute approximate surface area is 139 Å². The number of nitrogens with zero attached hydrogens (tertiary/aromatic N) is 4. The third-order valence-corrected chi connectivity index (χ3v) is 4.03. The summed E-state index contributed by atoms with van der Waals surface area (Å²) in [5.41, 5.74) is 0. The molecule has 1 aromatic carbocycles. The van der Waals surface area contributed by atoms with Crippen molar-refractivity contribution in [2.24, 2.45) is 0 Å². The van der Waals surface area contributed by atoms with E-state index < -0.39 is 0 Å². The van der Waals surface area contributed by atoms with E-state index in [4.69, 9.17) is 9.47 Å². The van der Waals surface area contributed by atoms with Crippen LogP contribution in [0.3, 0.4) is 0 Å². The molecule has 3 rings (SSSR count). The van der Waals surface area contributed by atoms with Crippen molar-refractivity contribution in [3.8, 4) is 6.01 Å². The van der Waals surface area contributed by atoms with Crippen molar-refractivity contribution in [1.29, 1.82) is 0 Å². The summed E-state index contributed by atoms with van der Waals surface area (Å²) in [7, 11) is 0. The third-order valence-electron chi connectivity index (χ3n) is 3.16. The fraction of sp³-hybridized carbons (Fsp3) is 0.312. The molecule has 1 saturated heterocycles. The average molecular weight is 330 g/mol. The van der Waals surface area contributed by atoms with E-state index in [0.717, 1.165) is 18.0 Å². The Kier molecular flexibility index (Phi) is 5.44. The minimum absolute atomic E-state index is 0.319. The van der Waals surface area contributed by atoms with E-state index in [0.29, 0.717) is 36.9 Å². The van der Waals surface area contributed by atoms with Crippen LogP contribution in [0.1, 0.15) is 0 Å². The van der Waals surface area contributed by atoms with Crippen molar-refractivity contribution in [3.05, 3.63) is 43.0 Å². The lowest BCUT2D eigenvalue weighted by molar-refractivity contribution is 0.121. The molecule has 0 N–H and O–H groups in total. The molecule has 2 aromatic rings. The molecule has 1 aliphatic heterocycles. The van der Waals surface area contributed by atoms with Crippen molar-refractivity contribution in [3.63, 3.8) is 0 Å². The topological polar surface area (TPSA) is 60.4 Å². The molecule has 0 atom stereocenters. The highest BCUT2D eigenvalue weighted by Gasteiger charge is 2.17. The molecule has 0 amide bonds. The second-order valence-corrected chi connectivity index (χ2v) is 5.86. The largest absolute Gasteiger partial charge is 0.459 e. The van der Waals surface area contributed by atoms with Crippen molar-refractivity contribution in [1.82, 2.24) is 15.0 Å². The number of hydrogen-bond acceptors (Lipinski definition) is 7. The number of ether oxygens (including phenoxy) is 2. The van der Waals surface area contributed by atoms with E-state index in [1.54, 1.807) is 6.08 Å².